The molecule has 0 bridgehead atoms. The van der Waals surface area contributed by atoms with Crippen molar-refractivity contribution < 1.29 is 22.4 Å². The Morgan fingerprint density at radius 3 is 2.81 bits per heavy atom. The minimum atomic E-state index is -2.79. The number of rotatable bonds is 5. The Bertz CT molecular complexity index is 827. The van der Waals surface area contributed by atoms with Gasteiger partial charge < -0.3 is 11.1 Å². The summed E-state index contributed by atoms with van der Waals surface area (Å²) in [6.07, 6.45) is 0.143. The van der Waals surface area contributed by atoms with Crippen molar-refractivity contribution in [1.82, 2.24) is 9.88 Å². The van der Waals surface area contributed by atoms with Crippen LogP contribution in [0.4, 0.5) is 34.2 Å². The molecule has 0 atom stereocenters. The number of nitrogens with one attached hydrogen (secondary N) is 1. The molecule has 5 nitrogen and oxygen atoms in total. The summed E-state index contributed by atoms with van der Waals surface area (Å²) in [5.74, 6) is -5.24. The molecule has 0 unspecified atom stereocenters. The van der Waals surface area contributed by atoms with Crippen molar-refractivity contribution in [3.8, 4) is 0 Å². The van der Waals surface area contributed by atoms with Gasteiger partial charge in [-0.2, -0.15) is 0 Å². The quantitative estimate of drug-likeness (QED) is 0.604. The van der Waals surface area contributed by atoms with Crippen LogP contribution >= 0.6 is 11.3 Å². The lowest BCUT2D eigenvalue weighted by atomic mass is 10.1. The van der Waals surface area contributed by atoms with Crippen molar-refractivity contribution >= 4 is 33.8 Å². The van der Waals surface area contributed by atoms with Gasteiger partial charge in [0.25, 0.3) is 5.92 Å². The van der Waals surface area contributed by atoms with Gasteiger partial charge in [-0.1, -0.05) is 11.3 Å². The number of ketones is 1. The van der Waals surface area contributed by atoms with Crippen molar-refractivity contribution in [2.24, 2.45) is 0 Å². The second-order valence-corrected chi connectivity index (χ2v) is 7.08. The van der Waals surface area contributed by atoms with E-state index in [4.69, 9.17) is 5.73 Å². The molecular weight excluding hydrogens is 372 g/mol. The number of thiazole rings is 1. The smallest absolute Gasteiger partial charge is 0.260 e. The third kappa shape index (κ3) is 4.31. The lowest BCUT2D eigenvalue weighted by Crippen LogP contribution is -2.44. The topological polar surface area (TPSA) is 71.2 Å². The van der Waals surface area contributed by atoms with Crippen LogP contribution in [0.15, 0.2) is 18.2 Å². The average molecular weight is 388 g/mol. The fraction of sp³-hybridized carbons (Fsp3) is 0.375. The summed E-state index contributed by atoms with van der Waals surface area (Å²) in [6, 6.07) is 3.22. The van der Waals surface area contributed by atoms with Gasteiger partial charge in [-0.05, 0) is 25.1 Å². The van der Waals surface area contributed by atoms with E-state index in [0.717, 1.165) is 23.5 Å². The number of nitrogens with zero attached hydrogens (tertiary/aromatic N) is 2. The Balaban J connectivity index is 1.69. The molecule has 10 heteroatoms. The zero-order valence-electron chi connectivity index (χ0n) is 13.6. The molecule has 140 valence electrons. The first-order valence-corrected chi connectivity index (χ1v) is 8.67. The number of piperidine rings is 1. The predicted octanol–water partition coefficient (Wildman–Crippen LogP) is 3.66. The summed E-state index contributed by atoms with van der Waals surface area (Å²) in [5, 5.41) is 2.96. The van der Waals surface area contributed by atoms with E-state index in [9.17, 15) is 22.4 Å². The first kappa shape index (κ1) is 18.6. The lowest BCUT2D eigenvalue weighted by Gasteiger charge is -2.31. The number of nitrogens with two attached hydrogens (primary N) is 1. The number of aromatic nitrogens is 1. The number of benzene rings is 1. The fourth-order valence-electron chi connectivity index (χ4n) is 2.74. The van der Waals surface area contributed by atoms with Gasteiger partial charge in [-0.25, -0.2) is 22.5 Å². The van der Waals surface area contributed by atoms with Crippen LogP contribution < -0.4 is 11.1 Å². The monoisotopic (exact) mass is 388 g/mol. The van der Waals surface area contributed by atoms with Crippen LogP contribution in [0, 0.1) is 11.6 Å². The van der Waals surface area contributed by atoms with Crippen LogP contribution in [-0.4, -0.2) is 41.2 Å². The zero-order chi connectivity index (χ0) is 18.9. The molecule has 0 radical (unpaired) electrons. The van der Waals surface area contributed by atoms with Crippen molar-refractivity contribution in [2.75, 3.05) is 30.7 Å². The summed E-state index contributed by atoms with van der Waals surface area (Å²) in [6.45, 7) is -0.218. The Morgan fingerprint density at radius 1 is 1.35 bits per heavy atom. The standard InChI is InChI=1S/C16H16F4N4OS/c17-10-3-2-9(6-11(10)18)22-15-23-14(21)13(26-15)12(25)7-24-5-1-4-16(19,20)8-24/h2-3,6H,1,4-5,7-8,21H2,(H,22,23). The highest BCUT2D eigenvalue weighted by molar-refractivity contribution is 7.18. The number of carbonyl (C=O) groups is 1. The van der Waals surface area contributed by atoms with Gasteiger partial charge in [0.1, 0.15) is 10.7 Å². The normalized spacial score (nSPS) is 17.2. The van der Waals surface area contributed by atoms with E-state index in [-0.39, 0.29) is 34.5 Å². The third-order valence-corrected chi connectivity index (χ3v) is 4.94. The van der Waals surface area contributed by atoms with Crippen LogP contribution in [0.5, 0.6) is 0 Å². The highest BCUT2D eigenvalue weighted by atomic mass is 32.1. The second kappa shape index (κ2) is 7.20. The van der Waals surface area contributed by atoms with E-state index in [1.807, 2.05) is 0 Å². The summed E-state index contributed by atoms with van der Waals surface area (Å²) in [5.41, 5.74) is 5.99. The number of halogens is 4. The molecule has 1 fully saturated rings. The molecule has 1 aromatic heterocycles. The minimum Gasteiger partial charge on any atom is -0.382 e. The molecule has 1 aliphatic rings. The molecule has 0 amide bonds. The summed E-state index contributed by atoms with van der Waals surface area (Å²) >= 11 is 0.934. The van der Waals surface area contributed by atoms with Gasteiger partial charge in [0.15, 0.2) is 22.5 Å². The van der Waals surface area contributed by atoms with Crippen molar-refractivity contribution in [3.63, 3.8) is 0 Å². The highest BCUT2D eigenvalue weighted by Crippen LogP contribution is 2.30. The molecule has 1 aromatic carbocycles. The second-order valence-electron chi connectivity index (χ2n) is 6.08. The summed E-state index contributed by atoms with van der Waals surface area (Å²) in [7, 11) is 0. The minimum absolute atomic E-state index is 0.0335. The molecule has 2 heterocycles. The van der Waals surface area contributed by atoms with Gasteiger partial charge in [0.2, 0.25) is 0 Å². The van der Waals surface area contributed by atoms with Crippen molar-refractivity contribution in [2.45, 2.75) is 18.8 Å². The van der Waals surface area contributed by atoms with Gasteiger partial charge in [-0.3, -0.25) is 9.69 Å². The third-order valence-electron chi connectivity index (χ3n) is 3.92. The lowest BCUT2D eigenvalue weighted by molar-refractivity contribution is -0.0614. The molecule has 0 spiro atoms. The Kier molecular flexibility index (Phi) is 5.15. The number of nitrogen functional groups attached to an aromatic ring is 1. The molecule has 1 saturated heterocycles. The number of Topliss-reactive ketones (excluding diaryl/α,β-unsaturated/α-hetero) is 1. The molecule has 0 saturated carbocycles. The van der Waals surface area contributed by atoms with Crippen molar-refractivity contribution in [3.05, 3.63) is 34.7 Å². The fourth-order valence-corrected chi connectivity index (χ4v) is 3.57. The summed E-state index contributed by atoms with van der Waals surface area (Å²) < 4.78 is 53.1. The molecule has 2 aromatic rings. The van der Waals surface area contributed by atoms with E-state index in [2.05, 4.69) is 10.3 Å². The first-order chi connectivity index (χ1) is 12.2. The number of hydrogen-bond acceptors (Lipinski definition) is 6. The Hall–Kier alpha value is -2.20. The molecule has 1 aliphatic heterocycles. The molecule has 26 heavy (non-hydrogen) atoms. The first-order valence-electron chi connectivity index (χ1n) is 7.85. The van der Waals surface area contributed by atoms with Crippen LogP contribution in [0.1, 0.15) is 22.5 Å². The zero-order valence-corrected chi connectivity index (χ0v) is 14.4. The van der Waals surface area contributed by atoms with Crippen LogP contribution in [-0.2, 0) is 0 Å². The van der Waals surface area contributed by atoms with E-state index in [0.29, 0.717) is 13.0 Å². The van der Waals surface area contributed by atoms with Gasteiger partial charge in [-0.15, -0.1) is 0 Å². The number of anilines is 3. The van der Waals surface area contributed by atoms with Gasteiger partial charge in [0, 0.05) is 18.2 Å². The predicted molar refractivity (Wildman–Crippen MR) is 91.1 cm³/mol. The average Bonchev–Trinajstić information content (AvgIpc) is 2.90. The largest absolute Gasteiger partial charge is 0.382 e. The molecule has 3 N–H and O–H groups in total. The van der Waals surface area contributed by atoms with E-state index >= 15 is 0 Å². The van der Waals surface area contributed by atoms with Gasteiger partial charge in [0.05, 0.1) is 13.1 Å². The molecular formula is C16H16F4N4OS. The molecule has 3 rings (SSSR count). The van der Waals surface area contributed by atoms with Crippen molar-refractivity contribution in [1.29, 1.82) is 0 Å². The van der Waals surface area contributed by atoms with Crippen LogP contribution in [0.3, 0.4) is 0 Å². The van der Waals surface area contributed by atoms with E-state index < -0.39 is 29.9 Å². The maximum Gasteiger partial charge on any atom is 0.260 e. The Labute approximate surface area is 150 Å². The van der Waals surface area contributed by atoms with E-state index in [1.54, 1.807) is 0 Å². The number of carbonyl (C=O) groups excluding carboxylic acids is 1. The summed E-state index contributed by atoms with van der Waals surface area (Å²) in [4.78, 5) is 17.9. The van der Waals surface area contributed by atoms with Crippen LogP contribution in [0.2, 0.25) is 0 Å². The van der Waals surface area contributed by atoms with Gasteiger partial charge >= 0.3 is 0 Å². The highest BCUT2D eigenvalue weighted by Gasteiger charge is 2.36. The number of likely N-dealkylation sites (tertiary alicyclic amines) is 1. The number of alkyl halides is 2. The van der Waals surface area contributed by atoms with Crippen LogP contribution in [0.25, 0.3) is 0 Å². The maximum absolute atomic E-state index is 13.4. The Morgan fingerprint density at radius 2 is 2.12 bits per heavy atom. The number of hydrogen-bond donors (Lipinski definition) is 2. The SMILES string of the molecule is Nc1nc(Nc2ccc(F)c(F)c2)sc1C(=O)CN1CCCC(F)(F)C1. The molecule has 0 aliphatic carbocycles. The van der Waals surface area contributed by atoms with E-state index in [1.165, 1.54) is 11.0 Å². The maximum atomic E-state index is 13.4.